The number of hydrogen-bond acceptors (Lipinski definition) is 6. The zero-order chi connectivity index (χ0) is 22.0. The number of nitro benzene ring substituents is 1. The minimum atomic E-state index is -0.547. The van der Waals surface area contributed by atoms with E-state index in [0.29, 0.717) is 22.8 Å². The Bertz CT molecular complexity index is 1270. The first-order valence-electron chi connectivity index (χ1n) is 9.18. The largest absolute Gasteiger partial charge is 0.300 e. The predicted molar refractivity (Wildman–Crippen MR) is 114 cm³/mol. The van der Waals surface area contributed by atoms with Gasteiger partial charge < -0.3 is 4.57 Å². The van der Waals surface area contributed by atoms with Crippen LogP contribution >= 0.6 is 11.3 Å². The topological polar surface area (TPSA) is 103 Å². The van der Waals surface area contributed by atoms with Crippen LogP contribution in [0.3, 0.4) is 0 Å². The monoisotopic (exact) mass is 437 g/mol. The molecule has 31 heavy (non-hydrogen) atoms. The highest BCUT2D eigenvalue weighted by atomic mass is 32.1. The second-order valence-electron chi connectivity index (χ2n) is 6.78. The van der Waals surface area contributed by atoms with Gasteiger partial charge in [0.1, 0.15) is 11.5 Å². The van der Waals surface area contributed by atoms with Gasteiger partial charge in [0, 0.05) is 41.5 Å². The normalized spacial score (nSPS) is 10.8. The summed E-state index contributed by atoms with van der Waals surface area (Å²) >= 11 is 1.26. The maximum atomic E-state index is 13.7. The van der Waals surface area contributed by atoms with E-state index in [1.807, 2.05) is 6.07 Å². The fourth-order valence-corrected chi connectivity index (χ4v) is 3.84. The van der Waals surface area contributed by atoms with Crippen molar-refractivity contribution < 1.29 is 14.1 Å². The Kier molecular flexibility index (Phi) is 5.54. The maximum absolute atomic E-state index is 13.7. The Labute approximate surface area is 180 Å². The zero-order valence-electron chi connectivity index (χ0n) is 16.3. The molecular formula is C21H16FN5O3S. The molecule has 0 fully saturated rings. The van der Waals surface area contributed by atoms with Crippen molar-refractivity contribution in [3.63, 3.8) is 0 Å². The SMILES string of the molecule is Cc1ccc(Cc2cnc(NC(=O)c3ccc(-n4ccnc4)c([N+](=O)[O-])c3)s2)cc1F. The Balaban J connectivity index is 1.50. The third-order valence-electron chi connectivity index (χ3n) is 4.61. The highest BCUT2D eigenvalue weighted by Crippen LogP contribution is 2.26. The summed E-state index contributed by atoms with van der Waals surface area (Å²) in [6.07, 6.45) is 6.63. The van der Waals surface area contributed by atoms with Crippen molar-refractivity contribution in [3.05, 3.63) is 98.8 Å². The molecule has 0 aliphatic carbocycles. The van der Waals surface area contributed by atoms with Crippen LogP contribution in [0, 0.1) is 22.9 Å². The molecule has 10 heteroatoms. The number of nitrogens with zero attached hydrogens (tertiary/aromatic N) is 4. The number of aromatic nitrogens is 3. The molecule has 0 saturated carbocycles. The van der Waals surface area contributed by atoms with Gasteiger partial charge in [-0.15, -0.1) is 11.3 Å². The second kappa shape index (κ2) is 8.44. The van der Waals surface area contributed by atoms with Crippen molar-refractivity contribution >= 4 is 28.1 Å². The Morgan fingerprint density at radius 3 is 2.84 bits per heavy atom. The number of hydrogen-bond donors (Lipinski definition) is 1. The number of carbonyl (C=O) groups excluding carboxylic acids is 1. The predicted octanol–water partition coefficient (Wildman–Crippen LogP) is 4.53. The fourth-order valence-electron chi connectivity index (χ4n) is 2.99. The van der Waals surface area contributed by atoms with Crippen LogP contribution in [0.2, 0.25) is 0 Å². The van der Waals surface area contributed by atoms with Gasteiger partial charge in [0.25, 0.3) is 11.6 Å². The number of benzene rings is 2. The smallest absolute Gasteiger partial charge is 0.294 e. The van der Waals surface area contributed by atoms with E-state index >= 15 is 0 Å². The lowest BCUT2D eigenvalue weighted by atomic mass is 10.1. The summed E-state index contributed by atoms with van der Waals surface area (Å²) in [5.41, 5.74) is 1.60. The van der Waals surface area contributed by atoms with E-state index < -0.39 is 10.8 Å². The molecule has 2 heterocycles. The van der Waals surface area contributed by atoms with Gasteiger partial charge in [0.15, 0.2) is 5.13 Å². The van der Waals surface area contributed by atoms with Crippen molar-refractivity contribution in [1.29, 1.82) is 0 Å². The molecule has 4 aromatic rings. The number of imidazole rings is 1. The summed E-state index contributed by atoms with van der Waals surface area (Å²) in [6, 6.07) is 9.25. The summed E-state index contributed by atoms with van der Waals surface area (Å²) in [6.45, 7) is 1.70. The Morgan fingerprint density at radius 2 is 2.13 bits per heavy atom. The molecule has 1 amide bonds. The molecule has 156 valence electrons. The molecule has 8 nitrogen and oxygen atoms in total. The average Bonchev–Trinajstić information content (AvgIpc) is 3.42. The maximum Gasteiger partial charge on any atom is 0.294 e. The van der Waals surface area contributed by atoms with E-state index in [4.69, 9.17) is 0 Å². The first-order valence-corrected chi connectivity index (χ1v) is 10.00. The van der Waals surface area contributed by atoms with E-state index in [1.54, 1.807) is 25.4 Å². The van der Waals surface area contributed by atoms with Crippen molar-refractivity contribution in [3.8, 4) is 5.69 Å². The van der Waals surface area contributed by atoms with Crippen molar-refractivity contribution in [2.75, 3.05) is 5.32 Å². The molecule has 4 rings (SSSR count). The minimum Gasteiger partial charge on any atom is -0.300 e. The molecule has 2 aromatic carbocycles. The number of carbonyl (C=O) groups is 1. The van der Waals surface area contributed by atoms with Crippen LogP contribution in [-0.4, -0.2) is 25.4 Å². The average molecular weight is 437 g/mol. The number of amides is 1. The molecule has 0 unspecified atom stereocenters. The number of nitrogens with one attached hydrogen (secondary N) is 1. The van der Waals surface area contributed by atoms with E-state index in [-0.39, 0.29) is 17.1 Å². The number of thiazole rings is 1. The summed E-state index contributed by atoms with van der Waals surface area (Å²) < 4.78 is 15.2. The van der Waals surface area contributed by atoms with E-state index in [0.717, 1.165) is 10.4 Å². The number of nitro groups is 1. The van der Waals surface area contributed by atoms with Crippen LogP contribution in [0.25, 0.3) is 5.69 Å². The number of anilines is 1. The molecule has 0 aliphatic heterocycles. The van der Waals surface area contributed by atoms with Crippen LogP contribution in [0.5, 0.6) is 0 Å². The third kappa shape index (κ3) is 4.48. The van der Waals surface area contributed by atoms with Gasteiger partial charge in [0.05, 0.1) is 11.3 Å². The molecule has 1 N–H and O–H groups in total. The number of halogens is 1. The molecule has 0 radical (unpaired) electrons. The molecule has 2 aromatic heterocycles. The summed E-state index contributed by atoms with van der Waals surface area (Å²) in [5.74, 6) is -0.779. The lowest BCUT2D eigenvalue weighted by molar-refractivity contribution is -0.384. The summed E-state index contributed by atoms with van der Waals surface area (Å²) in [4.78, 5) is 32.4. The lowest BCUT2D eigenvalue weighted by Gasteiger charge is -2.06. The number of rotatable bonds is 6. The molecule has 0 atom stereocenters. The van der Waals surface area contributed by atoms with E-state index in [2.05, 4.69) is 15.3 Å². The van der Waals surface area contributed by atoms with Gasteiger partial charge in [-0.2, -0.15) is 0 Å². The van der Waals surface area contributed by atoms with E-state index in [9.17, 15) is 19.3 Å². The van der Waals surface area contributed by atoms with Gasteiger partial charge >= 0.3 is 0 Å². The first kappa shape index (κ1) is 20.4. The Hall–Kier alpha value is -3.92. The molecule has 0 bridgehead atoms. The van der Waals surface area contributed by atoms with E-state index in [1.165, 1.54) is 52.7 Å². The third-order valence-corrected chi connectivity index (χ3v) is 5.52. The van der Waals surface area contributed by atoms with Gasteiger partial charge in [-0.1, -0.05) is 12.1 Å². The fraction of sp³-hybridized carbons (Fsp3) is 0.0952. The molecule has 0 saturated heterocycles. The van der Waals surface area contributed by atoms with Crippen molar-refractivity contribution in [2.45, 2.75) is 13.3 Å². The highest BCUT2D eigenvalue weighted by Gasteiger charge is 2.19. The number of aryl methyl sites for hydroxylation is 1. The van der Waals surface area contributed by atoms with Crippen molar-refractivity contribution in [2.24, 2.45) is 0 Å². The summed E-state index contributed by atoms with van der Waals surface area (Å²) in [5, 5.41) is 14.5. The first-order chi connectivity index (χ1) is 14.9. The quantitative estimate of drug-likeness (QED) is 0.353. The van der Waals surface area contributed by atoms with Crippen LogP contribution in [0.4, 0.5) is 15.2 Å². The van der Waals surface area contributed by atoms with Crippen LogP contribution in [0.1, 0.15) is 26.4 Å². The van der Waals surface area contributed by atoms with Crippen LogP contribution < -0.4 is 5.32 Å². The molecule has 0 aliphatic rings. The van der Waals surface area contributed by atoms with Gasteiger partial charge in [-0.25, -0.2) is 14.4 Å². The van der Waals surface area contributed by atoms with Gasteiger partial charge in [-0.05, 0) is 36.2 Å². The standard InChI is InChI=1S/C21H16FN5O3S/c1-13-2-3-14(9-17(13)22)8-16-11-24-21(31-16)25-20(28)15-4-5-18(19(10-15)27(29)30)26-7-6-23-12-26/h2-7,9-12H,8H2,1H3,(H,24,25,28). The molecular weight excluding hydrogens is 421 g/mol. The molecule has 0 spiro atoms. The lowest BCUT2D eigenvalue weighted by Crippen LogP contribution is -2.12. The summed E-state index contributed by atoms with van der Waals surface area (Å²) in [7, 11) is 0. The van der Waals surface area contributed by atoms with Crippen LogP contribution in [0.15, 0.2) is 61.3 Å². The van der Waals surface area contributed by atoms with Gasteiger partial charge in [0.2, 0.25) is 0 Å². The highest BCUT2D eigenvalue weighted by molar-refractivity contribution is 7.15. The minimum absolute atomic E-state index is 0.132. The van der Waals surface area contributed by atoms with Crippen LogP contribution in [-0.2, 0) is 6.42 Å². The zero-order valence-corrected chi connectivity index (χ0v) is 17.1. The Morgan fingerprint density at radius 1 is 1.29 bits per heavy atom. The second-order valence-corrected chi connectivity index (χ2v) is 7.89. The van der Waals surface area contributed by atoms with Gasteiger partial charge in [-0.3, -0.25) is 20.2 Å². The van der Waals surface area contributed by atoms with Crippen molar-refractivity contribution in [1.82, 2.24) is 14.5 Å².